The number of rotatable bonds is 2. The fourth-order valence-corrected chi connectivity index (χ4v) is 2.98. The molecule has 0 aromatic heterocycles. The van der Waals surface area contributed by atoms with Crippen molar-refractivity contribution in [2.24, 2.45) is 4.99 Å². The van der Waals surface area contributed by atoms with Crippen LogP contribution in [-0.4, -0.2) is 11.1 Å². The van der Waals surface area contributed by atoms with E-state index in [9.17, 15) is 26.7 Å². The number of amides is 1. The van der Waals surface area contributed by atoms with Gasteiger partial charge in [-0.15, -0.1) is 0 Å². The Labute approximate surface area is 148 Å². The van der Waals surface area contributed by atoms with E-state index in [1.54, 1.807) is 31.2 Å². The summed E-state index contributed by atoms with van der Waals surface area (Å²) < 4.78 is 67.1. The van der Waals surface area contributed by atoms with Crippen LogP contribution in [0.1, 0.15) is 11.1 Å². The van der Waals surface area contributed by atoms with Crippen LogP contribution in [-0.2, 0) is 4.79 Å². The number of halogens is 5. The Morgan fingerprint density at radius 3 is 2.15 bits per heavy atom. The minimum Gasteiger partial charge on any atom is -0.300 e. The molecule has 0 radical (unpaired) electrons. The van der Waals surface area contributed by atoms with Crippen LogP contribution in [0.5, 0.6) is 0 Å². The normalized spacial score (nSPS) is 17.2. The molecule has 134 valence electrons. The molecule has 0 aliphatic carbocycles. The Kier molecular flexibility index (Phi) is 4.82. The average molecular weight is 384 g/mol. The minimum absolute atomic E-state index is 0.124. The Hall–Kier alpha value is -2.68. The number of hydrogen-bond donors (Lipinski definition) is 1. The SMILES string of the molecule is Cc1ccccc1N=C1NC(=O)/C(=C\c2c(F)c(F)c(F)c(F)c2F)S1. The van der Waals surface area contributed by atoms with Crippen molar-refractivity contribution in [3.8, 4) is 0 Å². The molecule has 1 aliphatic heterocycles. The minimum atomic E-state index is -2.26. The molecule has 1 aliphatic rings. The summed E-state index contributed by atoms with van der Waals surface area (Å²) in [6, 6.07) is 7.03. The van der Waals surface area contributed by atoms with Gasteiger partial charge in [-0.05, 0) is 36.4 Å². The van der Waals surface area contributed by atoms with Gasteiger partial charge in [0.25, 0.3) is 5.91 Å². The molecule has 1 amide bonds. The summed E-state index contributed by atoms with van der Waals surface area (Å²) in [5.41, 5.74) is 0.205. The first-order valence-corrected chi connectivity index (χ1v) is 7.98. The molecule has 3 nitrogen and oxygen atoms in total. The topological polar surface area (TPSA) is 41.5 Å². The predicted molar refractivity (Wildman–Crippen MR) is 88.2 cm³/mol. The molecule has 3 rings (SSSR count). The molecule has 26 heavy (non-hydrogen) atoms. The van der Waals surface area contributed by atoms with E-state index in [1.165, 1.54) is 0 Å². The second-order valence-electron chi connectivity index (χ2n) is 5.25. The summed E-state index contributed by atoms with van der Waals surface area (Å²) in [5.74, 6) is -11.2. The maximum absolute atomic E-state index is 13.7. The van der Waals surface area contributed by atoms with Crippen molar-refractivity contribution in [2.45, 2.75) is 6.92 Å². The Bertz CT molecular complexity index is 958. The quantitative estimate of drug-likeness (QED) is 0.356. The first-order chi connectivity index (χ1) is 12.3. The van der Waals surface area contributed by atoms with Crippen LogP contribution in [0, 0.1) is 36.0 Å². The van der Waals surface area contributed by atoms with E-state index in [4.69, 9.17) is 0 Å². The van der Waals surface area contributed by atoms with Gasteiger partial charge in [-0.3, -0.25) is 4.79 Å². The maximum Gasteiger partial charge on any atom is 0.264 e. The van der Waals surface area contributed by atoms with Gasteiger partial charge in [0.05, 0.1) is 16.2 Å². The standard InChI is InChI=1S/C17H9F5N2OS/c1-7-4-2-3-5-9(7)23-17-24-16(25)10(26-17)6-8-11(18)13(20)15(22)14(21)12(8)19/h2-6H,1H3,(H,23,24,25)/b10-6+. The zero-order valence-electron chi connectivity index (χ0n) is 13.0. The van der Waals surface area contributed by atoms with Gasteiger partial charge >= 0.3 is 0 Å². The lowest BCUT2D eigenvalue weighted by Gasteiger charge is -2.04. The molecule has 1 fully saturated rings. The van der Waals surface area contributed by atoms with E-state index < -0.39 is 40.6 Å². The fraction of sp³-hybridized carbons (Fsp3) is 0.0588. The van der Waals surface area contributed by atoms with Crippen molar-refractivity contribution < 1.29 is 26.7 Å². The monoisotopic (exact) mass is 384 g/mol. The number of nitrogens with one attached hydrogen (secondary N) is 1. The number of aliphatic imine (C=N–C) groups is 1. The van der Waals surface area contributed by atoms with Gasteiger partial charge in [-0.1, -0.05) is 18.2 Å². The van der Waals surface area contributed by atoms with Crippen LogP contribution < -0.4 is 5.32 Å². The molecule has 0 spiro atoms. The third-order valence-corrected chi connectivity index (χ3v) is 4.42. The summed E-state index contributed by atoms with van der Waals surface area (Å²) in [6.07, 6.45) is 0.608. The van der Waals surface area contributed by atoms with E-state index in [2.05, 4.69) is 10.3 Å². The highest BCUT2D eigenvalue weighted by Gasteiger charge is 2.29. The van der Waals surface area contributed by atoms with Gasteiger partial charge < -0.3 is 5.32 Å². The van der Waals surface area contributed by atoms with E-state index in [0.717, 1.165) is 17.3 Å². The van der Waals surface area contributed by atoms with Crippen molar-refractivity contribution in [3.63, 3.8) is 0 Å². The van der Waals surface area contributed by atoms with Gasteiger partial charge in [0, 0.05) is 0 Å². The average Bonchev–Trinajstić information content (AvgIpc) is 2.96. The Morgan fingerprint density at radius 2 is 1.54 bits per heavy atom. The van der Waals surface area contributed by atoms with Gasteiger partial charge in [0.2, 0.25) is 5.82 Å². The summed E-state index contributed by atoms with van der Waals surface area (Å²) in [5, 5.41) is 2.50. The zero-order valence-corrected chi connectivity index (χ0v) is 13.9. The number of hydrogen-bond acceptors (Lipinski definition) is 3. The molecule has 1 N–H and O–H groups in total. The first-order valence-electron chi connectivity index (χ1n) is 7.16. The molecule has 0 saturated carbocycles. The number of benzene rings is 2. The number of aryl methyl sites for hydroxylation is 1. The van der Waals surface area contributed by atoms with Crippen LogP contribution in [0.3, 0.4) is 0 Å². The number of carbonyl (C=O) groups is 1. The van der Waals surface area contributed by atoms with Crippen molar-refractivity contribution in [2.75, 3.05) is 0 Å². The highest BCUT2D eigenvalue weighted by Crippen LogP contribution is 2.31. The van der Waals surface area contributed by atoms with Crippen molar-refractivity contribution in [1.29, 1.82) is 0 Å². The van der Waals surface area contributed by atoms with Crippen LogP contribution >= 0.6 is 11.8 Å². The first kappa shape index (κ1) is 18.1. The molecule has 0 atom stereocenters. The van der Waals surface area contributed by atoms with E-state index in [1.807, 2.05) is 0 Å². The molecular weight excluding hydrogens is 375 g/mol. The van der Waals surface area contributed by atoms with Crippen molar-refractivity contribution in [3.05, 3.63) is 69.4 Å². The molecule has 0 bridgehead atoms. The highest BCUT2D eigenvalue weighted by molar-refractivity contribution is 8.18. The molecule has 9 heteroatoms. The van der Waals surface area contributed by atoms with E-state index >= 15 is 0 Å². The van der Waals surface area contributed by atoms with Crippen molar-refractivity contribution >= 4 is 34.6 Å². The van der Waals surface area contributed by atoms with E-state index in [-0.39, 0.29) is 10.1 Å². The number of amidine groups is 1. The maximum atomic E-state index is 13.7. The summed E-state index contributed by atoms with van der Waals surface area (Å²) >= 11 is 0.729. The molecule has 2 aromatic carbocycles. The van der Waals surface area contributed by atoms with Crippen LogP contribution in [0.2, 0.25) is 0 Å². The summed E-state index contributed by atoms with van der Waals surface area (Å²) in [7, 11) is 0. The van der Waals surface area contributed by atoms with Crippen LogP contribution in [0.15, 0.2) is 34.2 Å². The number of nitrogens with zero attached hydrogens (tertiary/aromatic N) is 1. The smallest absolute Gasteiger partial charge is 0.264 e. The third kappa shape index (κ3) is 3.22. The lowest BCUT2D eigenvalue weighted by Crippen LogP contribution is -2.19. The largest absolute Gasteiger partial charge is 0.300 e. The third-order valence-electron chi connectivity index (χ3n) is 3.51. The van der Waals surface area contributed by atoms with Gasteiger partial charge in [0.1, 0.15) is 0 Å². The van der Waals surface area contributed by atoms with Gasteiger partial charge in [0.15, 0.2) is 28.4 Å². The number of para-hydroxylation sites is 1. The van der Waals surface area contributed by atoms with Gasteiger partial charge in [-0.25, -0.2) is 26.9 Å². The molecule has 2 aromatic rings. The Balaban J connectivity index is 1.99. The molecule has 0 unspecified atom stereocenters. The summed E-state index contributed by atoms with van der Waals surface area (Å²) in [4.78, 5) is 15.9. The number of carbonyl (C=O) groups excluding carboxylic acids is 1. The molecular formula is C17H9F5N2OS. The fourth-order valence-electron chi connectivity index (χ4n) is 2.16. The molecule has 1 saturated heterocycles. The van der Waals surface area contributed by atoms with Crippen LogP contribution in [0.4, 0.5) is 27.6 Å². The van der Waals surface area contributed by atoms with Gasteiger partial charge in [-0.2, -0.15) is 0 Å². The second-order valence-corrected chi connectivity index (χ2v) is 6.28. The van der Waals surface area contributed by atoms with Crippen molar-refractivity contribution in [1.82, 2.24) is 5.32 Å². The van der Waals surface area contributed by atoms with E-state index in [0.29, 0.717) is 11.8 Å². The van der Waals surface area contributed by atoms with Crippen LogP contribution in [0.25, 0.3) is 6.08 Å². The Morgan fingerprint density at radius 1 is 0.962 bits per heavy atom. The lowest BCUT2D eigenvalue weighted by atomic mass is 10.1. The highest BCUT2D eigenvalue weighted by atomic mass is 32.2. The number of thioether (sulfide) groups is 1. The summed E-state index contributed by atoms with van der Waals surface area (Å²) in [6.45, 7) is 1.80. The second kappa shape index (κ2) is 6.91. The molecule has 1 heterocycles. The zero-order chi connectivity index (χ0) is 19.0. The lowest BCUT2D eigenvalue weighted by molar-refractivity contribution is -0.115. The predicted octanol–water partition coefficient (Wildman–Crippen LogP) is 4.58.